The van der Waals surface area contributed by atoms with E-state index < -0.39 is 30.3 Å². The monoisotopic (exact) mass is 332 g/mol. The molecular formula is C14H21FN2O4S. The van der Waals surface area contributed by atoms with Gasteiger partial charge in [0.05, 0.1) is 19.0 Å². The Labute approximate surface area is 133 Å². The highest BCUT2D eigenvalue weighted by Crippen LogP contribution is 2.26. The van der Waals surface area contributed by atoms with Gasteiger partial charge in [-0.15, -0.1) is 11.3 Å². The van der Waals surface area contributed by atoms with Crippen molar-refractivity contribution in [2.24, 2.45) is 0 Å². The van der Waals surface area contributed by atoms with Crippen molar-refractivity contribution in [3.05, 3.63) is 11.1 Å². The summed E-state index contributed by atoms with van der Waals surface area (Å²) in [7, 11) is 0. The lowest BCUT2D eigenvalue weighted by molar-refractivity contribution is -0.145. The lowest BCUT2D eigenvalue weighted by atomic mass is 10.0. The van der Waals surface area contributed by atoms with Crippen molar-refractivity contribution in [1.82, 2.24) is 4.98 Å². The Balaban J connectivity index is 2.76. The highest BCUT2D eigenvalue weighted by Gasteiger charge is 2.25. The van der Waals surface area contributed by atoms with Crippen molar-refractivity contribution in [3.63, 3.8) is 0 Å². The number of carbonyl (C=O) groups is 2. The van der Waals surface area contributed by atoms with Gasteiger partial charge in [0.2, 0.25) is 0 Å². The van der Waals surface area contributed by atoms with Gasteiger partial charge in [0.25, 0.3) is 0 Å². The van der Waals surface area contributed by atoms with Crippen LogP contribution in [0.1, 0.15) is 45.7 Å². The molecule has 1 heterocycles. The van der Waals surface area contributed by atoms with Crippen LogP contribution in [-0.2, 0) is 14.3 Å². The molecule has 0 spiro atoms. The van der Waals surface area contributed by atoms with Gasteiger partial charge in [0, 0.05) is 5.38 Å². The molecule has 124 valence electrons. The molecule has 0 aliphatic rings. The van der Waals surface area contributed by atoms with Crippen LogP contribution in [0.25, 0.3) is 0 Å². The second kappa shape index (κ2) is 8.07. The van der Waals surface area contributed by atoms with Crippen LogP contribution in [0.2, 0.25) is 0 Å². The number of carbonyl (C=O) groups excluding carboxylic acids is 2. The maximum atomic E-state index is 12.6. The lowest BCUT2D eigenvalue weighted by Crippen LogP contribution is -2.27. The first-order chi connectivity index (χ1) is 10.3. The van der Waals surface area contributed by atoms with Crippen LogP contribution in [0.5, 0.6) is 0 Å². The van der Waals surface area contributed by atoms with Crippen molar-refractivity contribution in [2.45, 2.75) is 45.6 Å². The Kier molecular flexibility index (Phi) is 6.73. The predicted molar refractivity (Wildman–Crippen MR) is 81.9 cm³/mol. The number of anilines is 1. The number of ether oxygens (including phenoxy) is 2. The highest BCUT2D eigenvalue weighted by molar-refractivity contribution is 7.13. The highest BCUT2D eigenvalue weighted by atomic mass is 32.1. The van der Waals surface area contributed by atoms with Crippen molar-refractivity contribution in [1.29, 1.82) is 0 Å². The first-order valence-electron chi connectivity index (χ1n) is 6.94. The Morgan fingerprint density at radius 1 is 1.45 bits per heavy atom. The van der Waals surface area contributed by atoms with Gasteiger partial charge in [-0.05, 0) is 34.1 Å². The minimum Gasteiger partial charge on any atom is -0.465 e. The zero-order valence-corrected chi connectivity index (χ0v) is 14.0. The average molecular weight is 332 g/mol. The number of hydrogen-bond donors (Lipinski definition) is 1. The minimum absolute atomic E-state index is 0.00551. The van der Waals surface area contributed by atoms with E-state index in [0.717, 1.165) is 11.3 Å². The number of hydrogen-bond acceptors (Lipinski definition) is 6. The summed E-state index contributed by atoms with van der Waals surface area (Å²) in [5, 5.41) is 4.38. The number of amides is 1. The molecule has 1 unspecified atom stereocenters. The first-order valence-corrected chi connectivity index (χ1v) is 7.82. The normalized spacial score (nSPS) is 12.6. The molecule has 0 saturated heterocycles. The number of esters is 1. The molecule has 1 amide bonds. The SMILES string of the molecule is CCOC(=O)C(CCF)c1csc(NC(=O)OC(C)(C)C)n1. The summed E-state index contributed by atoms with van der Waals surface area (Å²) in [6, 6.07) is 0. The molecule has 8 heteroatoms. The van der Waals surface area contributed by atoms with Gasteiger partial charge in [-0.2, -0.15) is 0 Å². The topological polar surface area (TPSA) is 77.5 Å². The average Bonchev–Trinajstić information content (AvgIpc) is 2.81. The van der Waals surface area contributed by atoms with Crippen LogP contribution in [0, 0.1) is 0 Å². The second-order valence-corrected chi connectivity index (χ2v) is 6.34. The molecule has 0 radical (unpaired) electrons. The van der Waals surface area contributed by atoms with E-state index in [1.54, 1.807) is 33.1 Å². The Morgan fingerprint density at radius 3 is 2.68 bits per heavy atom. The van der Waals surface area contributed by atoms with Gasteiger partial charge in [0.15, 0.2) is 5.13 Å². The molecular weight excluding hydrogens is 311 g/mol. The minimum atomic E-state index is -0.768. The van der Waals surface area contributed by atoms with Crippen LogP contribution in [0.4, 0.5) is 14.3 Å². The third-order valence-electron chi connectivity index (χ3n) is 2.46. The number of alkyl halides is 1. The zero-order chi connectivity index (χ0) is 16.8. The van der Waals surface area contributed by atoms with Crippen molar-refractivity contribution in [2.75, 3.05) is 18.6 Å². The molecule has 1 aromatic heterocycles. The summed E-state index contributed by atoms with van der Waals surface area (Å²) in [6.45, 7) is 6.49. The Hall–Kier alpha value is -1.70. The molecule has 0 aromatic carbocycles. The Morgan fingerprint density at radius 2 is 2.14 bits per heavy atom. The molecule has 0 aliphatic carbocycles. The molecule has 0 fully saturated rings. The van der Waals surface area contributed by atoms with Crippen LogP contribution < -0.4 is 5.32 Å². The van der Waals surface area contributed by atoms with Crippen LogP contribution >= 0.6 is 11.3 Å². The van der Waals surface area contributed by atoms with Gasteiger partial charge in [0.1, 0.15) is 11.5 Å². The molecule has 22 heavy (non-hydrogen) atoms. The van der Waals surface area contributed by atoms with E-state index in [4.69, 9.17) is 9.47 Å². The fourth-order valence-corrected chi connectivity index (χ4v) is 2.38. The molecule has 6 nitrogen and oxygen atoms in total. The van der Waals surface area contributed by atoms with E-state index in [1.165, 1.54) is 0 Å². The quantitative estimate of drug-likeness (QED) is 0.807. The van der Waals surface area contributed by atoms with E-state index in [2.05, 4.69) is 10.3 Å². The number of halogens is 1. The summed E-state index contributed by atoms with van der Waals surface area (Å²) in [4.78, 5) is 27.6. The summed E-state index contributed by atoms with van der Waals surface area (Å²) in [5.41, 5.74) is -0.238. The molecule has 1 aromatic rings. The molecule has 0 bridgehead atoms. The summed E-state index contributed by atoms with van der Waals surface area (Å²) >= 11 is 1.14. The smallest absolute Gasteiger partial charge is 0.413 e. The molecule has 1 atom stereocenters. The number of rotatable bonds is 6. The summed E-state index contributed by atoms with van der Waals surface area (Å²) < 4.78 is 22.6. The molecule has 0 aliphatic heterocycles. The summed E-state index contributed by atoms with van der Waals surface area (Å²) in [6.07, 6.45) is -0.638. The molecule has 1 N–H and O–H groups in total. The second-order valence-electron chi connectivity index (χ2n) is 5.49. The van der Waals surface area contributed by atoms with Crippen LogP contribution in [0.3, 0.4) is 0 Å². The van der Waals surface area contributed by atoms with Gasteiger partial charge in [-0.3, -0.25) is 14.5 Å². The van der Waals surface area contributed by atoms with Crippen LogP contribution in [-0.4, -0.2) is 35.9 Å². The van der Waals surface area contributed by atoms with Crippen molar-refractivity contribution in [3.8, 4) is 0 Å². The fraction of sp³-hybridized carbons (Fsp3) is 0.643. The summed E-state index contributed by atoms with van der Waals surface area (Å²) in [5.74, 6) is -1.29. The fourth-order valence-electron chi connectivity index (χ4n) is 1.63. The van der Waals surface area contributed by atoms with E-state index >= 15 is 0 Å². The predicted octanol–water partition coefficient (Wildman–Crippen LogP) is 3.50. The molecule has 1 rings (SSSR count). The third kappa shape index (κ3) is 5.97. The number of aromatic nitrogens is 1. The van der Waals surface area contributed by atoms with Gasteiger partial charge < -0.3 is 9.47 Å². The van der Waals surface area contributed by atoms with E-state index in [0.29, 0.717) is 5.69 Å². The van der Waals surface area contributed by atoms with E-state index in [-0.39, 0.29) is 18.2 Å². The van der Waals surface area contributed by atoms with Gasteiger partial charge >= 0.3 is 12.1 Å². The van der Waals surface area contributed by atoms with Crippen LogP contribution in [0.15, 0.2) is 5.38 Å². The van der Waals surface area contributed by atoms with Crippen molar-refractivity contribution >= 4 is 28.5 Å². The maximum Gasteiger partial charge on any atom is 0.413 e. The number of nitrogens with zero attached hydrogens (tertiary/aromatic N) is 1. The standard InChI is InChI=1S/C14H21FN2O4S/c1-5-20-11(18)9(6-7-15)10-8-22-12(16-10)17-13(19)21-14(2,3)4/h8-9H,5-7H2,1-4H3,(H,16,17,19). The molecule has 0 saturated carbocycles. The number of nitrogens with one attached hydrogen (secondary N) is 1. The number of thiazole rings is 1. The van der Waals surface area contributed by atoms with Gasteiger partial charge in [-0.1, -0.05) is 0 Å². The third-order valence-corrected chi connectivity index (χ3v) is 3.23. The van der Waals surface area contributed by atoms with Gasteiger partial charge in [-0.25, -0.2) is 9.78 Å². The Bertz CT molecular complexity index is 513. The van der Waals surface area contributed by atoms with Crippen molar-refractivity contribution < 1.29 is 23.5 Å². The maximum absolute atomic E-state index is 12.6. The lowest BCUT2D eigenvalue weighted by Gasteiger charge is -2.18. The first kappa shape index (κ1) is 18.3. The van der Waals surface area contributed by atoms with E-state index in [9.17, 15) is 14.0 Å². The zero-order valence-electron chi connectivity index (χ0n) is 13.1. The largest absolute Gasteiger partial charge is 0.465 e. The van der Waals surface area contributed by atoms with E-state index in [1.807, 2.05) is 0 Å².